The van der Waals surface area contributed by atoms with Crippen molar-refractivity contribution in [1.29, 1.82) is 0 Å². The molecule has 1 heterocycles. The first-order valence-corrected chi connectivity index (χ1v) is 7.86. The van der Waals surface area contributed by atoms with Crippen molar-refractivity contribution < 1.29 is 28.2 Å². The number of esters is 2. The van der Waals surface area contributed by atoms with Crippen molar-refractivity contribution in [2.24, 2.45) is 0 Å². The number of ether oxygens (including phenoxy) is 2. The van der Waals surface area contributed by atoms with Crippen LogP contribution in [0.15, 0.2) is 35.5 Å². The maximum Gasteiger partial charge on any atom is 0.338 e. The van der Waals surface area contributed by atoms with Gasteiger partial charge in [-0.05, 0) is 31.5 Å². The third-order valence-corrected chi connectivity index (χ3v) is 3.55. The smallest absolute Gasteiger partial charge is 0.338 e. The first-order valence-electron chi connectivity index (χ1n) is 7.86. The number of urea groups is 1. The van der Waals surface area contributed by atoms with Gasteiger partial charge >= 0.3 is 18.0 Å². The minimum absolute atomic E-state index is 0.0330. The molecule has 1 aromatic carbocycles. The fourth-order valence-electron chi connectivity index (χ4n) is 2.41. The first kappa shape index (κ1) is 18.4. The van der Waals surface area contributed by atoms with E-state index in [1.54, 1.807) is 13.8 Å². The molecule has 1 atom stereocenters. The molecule has 1 aliphatic heterocycles. The topological polar surface area (TPSA) is 93.7 Å². The number of hydrogen-bond acceptors (Lipinski definition) is 5. The monoisotopic (exact) mass is 350 g/mol. The Hall–Kier alpha value is -2.90. The molecule has 0 unspecified atom stereocenters. The maximum atomic E-state index is 13.2. The van der Waals surface area contributed by atoms with Gasteiger partial charge in [0.15, 0.2) is 0 Å². The Kier molecular flexibility index (Phi) is 6.10. The molecule has 8 heteroatoms. The third kappa shape index (κ3) is 4.56. The number of nitrogens with one attached hydrogen (secondary N) is 2. The van der Waals surface area contributed by atoms with E-state index in [9.17, 15) is 18.8 Å². The lowest BCUT2D eigenvalue weighted by molar-refractivity contribution is -0.139. The number of hydrogen-bond donors (Lipinski definition) is 2. The summed E-state index contributed by atoms with van der Waals surface area (Å²) >= 11 is 0. The van der Waals surface area contributed by atoms with Crippen molar-refractivity contribution in [1.82, 2.24) is 10.6 Å². The van der Waals surface area contributed by atoms with Crippen molar-refractivity contribution in [2.75, 3.05) is 13.2 Å². The van der Waals surface area contributed by atoms with Gasteiger partial charge in [0, 0.05) is 0 Å². The van der Waals surface area contributed by atoms with Crippen molar-refractivity contribution in [3.63, 3.8) is 0 Å². The highest BCUT2D eigenvalue weighted by Gasteiger charge is 2.32. The van der Waals surface area contributed by atoms with Crippen LogP contribution in [0, 0.1) is 5.82 Å². The Morgan fingerprint density at radius 2 is 1.96 bits per heavy atom. The molecule has 0 radical (unpaired) electrons. The van der Waals surface area contributed by atoms with Crippen LogP contribution in [0.3, 0.4) is 0 Å². The van der Waals surface area contributed by atoms with E-state index in [-0.39, 0.29) is 30.0 Å². The largest absolute Gasteiger partial charge is 0.463 e. The second kappa shape index (κ2) is 8.27. The van der Waals surface area contributed by atoms with Gasteiger partial charge in [-0.3, -0.25) is 0 Å². The van der Waals surface area contributed by atoms with Crippen molar-refractivity contribution in [3.8, 4) is 0 Å². The zero-order valence-corrected chi connectivity index (χ0v) is 13.9. The van der Waals surface area contributed by atoms with Crippen LogP contribution in [0.25, 0.3) is 0 Å². The number of carbonyl (C=O) groups excluding carboxylic acids is 3. The second-order valence-corrected chi connectivity index (χ2v) is 5.26. The van der Waals surface area contributed by atoms with Gasteiger partial charge < -0.3 is 20.1 Å². The number of amides is 2. The fourth-order valence-corrected chi connectivity index (χ4v) is 2.41. The minimum atomic E-state index is -0.768. The number of benzene rings is 1. The summed E-state index contributed by atoms with van der Waals surface area (Å²) in [6, 6.07) is 3.99. The molecule has 1 aromatic rings. The molecule has 134 valence electrons. The summed E-state index contributed by atoms with van der Waals surface area (Å²) in [4.78, 5) is 35.9. The zero-order chi connectivity index (χ0) is 18.4. The summed E-state index contributed by atoms with van der Waals surface area (Å²) < 4.78 is 23.3. The molecular weight excluding hydrogens is 331 g/mol. The highest BCUT2D eigenvalue weighted by atomic mass is 19.1. The maximum absolute atomic E-state index is 13.2. The van der Waals surface area contributed by atoms with Crippen LogP contribution in [0.5, 0.6) is 0 Å². The summed E-state index contributed by atoms with van der Waals surface area (Å²) in [5.74, 6) is -1.93. The molecule has 2 rings (SSSR count). The van der Waals surface area contributed by atoms with Crippen LogP contribution in [-0.4, -0.2) is 37.2 Å². The van der Waals surface area contributed by atoms with E-state index >= 15 is 0 Å². The molecule has 2 N–H and O–H groups in total. The van der Waals surface area contributed by atoms with Gasteiger partial charge in [-0.1, -0.05) is 13.0 Å². The molecule has 1 aliphatic rings. The predicted molar refractivity (Wildman–Crippen MR) is 86.1 cm³/mol. The lowest BCUT2D eigenvalue weighted by Crippen LogP contribution is -2.51. The summed E-state index contributed by atoms with van der Waals surface area (Å²) in [5.41, 5.74) is 0.389. The molecule has 2 amide bonds. The first-order chi connectivity index (χ1) is 12.0. The van der Waals surface area contributed by atoms with Gasteiger partial charge in [-0.15, -0.1) is 0 Å². The van der Waals surface area contributed by atoms with E-state index in [1.165, 1.54) is 18.2 Å². The van der Waals surface area contributed by atoms with E-state index < -0.39 is 29.8 Å². The average molecular weight is 350 g/mol. The third-order valence-electron chi connectivity index (χ3n) is 3.55. The van der Waals surface area contributed by atoms with Gasteiger partial charge in [0.25, 0.3) is 0 Å². The average Bonchev–Trinajstić information content (AvgIpc) is 2.59. The molecule has 0 bridgehead atoms. The van der Waals surface area contributed by atoms with Crippen molar-refractivity contribution >= 4 is 18.0 Å². The highest BCUT2D eigenvalue weighted by molar-refractivity contribution is 5.95. The minimum Gasteiger partial charge on any atom is -0.463 e. The van der Waals surface area contributed by atoms with E-state index in [4.69, 9.17) is 9.47 Å². The quantitative estimate of drug-likeness (QED) is 0.764. The molecule has 7 nitrogen and oxygen atoms in total. The Morgan fingerprint density at radius 3 is 2.60 bits per heavy atom. The zero-order valence-electron chi connectivity index (χ0n) is 13.9. The molecule has 0 aromatic heterocycles. The number of halogens is 1. The van der Waals surface area contributed by atoms with Gasteiger partial charge in [0.2, 0.25) is 0 Å². The van der Waals surface area contributed by atoms with Gasteiger partial charge in [0.1, 0.15) is 12.4 Å². The lowest BCUT2D eigenvalue weighted by Gasteiger charge is -2.28. The molecule has 0 saturated carbocycles. The normalized spacial score (nSPS) is 16.8. The van der Waals surface area contributed by atoms with Crippen LogP contribution in [0.4, 0.5) is 9.18 Å². The fraction of sp³-hybridized carbons (Fsp3) is 0.353. The Labute approximate surface area is 144 Å². The lowest BCUT2D eigenvalue weighted by atomic mass is 10.0. The van der Waals surface area contributed by atoms with Gasteiger partial charge in [0.05, 0.1) is 29.5 Å². The van der Waals surface area contributed by atoms with E-state index in [1.807, 2.05) is 0 Å². The molecule has 0 saturated heterocycles. The van der Waals surface area contributed by atoms with Crippen LogP contribution >= 0.6 is 0 Å². The summed E-state index contributed by atoms with van der Waals surface area (Å²) in [6.45, 7) is 3.29. The van der Waals surface area contributed by atoms with Crippen LogP contribution in [-0.2, 0) is 14.3 Å². The molecule has 0 spiro atoms. The standard InChI is InChI=1S/C17H19FN2O5/c1-3-12-14(16(22)24-4-2)13(20-17(23)19-12)9-25-15(21)10-6-5-7-11(18)8-10/h5-8,12H,3-4,9H2,1-2H3,(H2,19,20,23)/t12-/m1/s1. The molecule has 0 fully saturated rings. The van der Waals surface area contributed by atoms with Gasteiger partial charge in [-0.2, -0.15) is 0 Å². The molecule has 0 aliphatic carbocycles. The van der Waals surface area contributed by atoms with E-state index in [0.717, 1.165) is 6.07 Å². The Morgan fingerprint density at radius 1 is 1.20 bits per heavy atom. The van der Waals surface area contributed by atoms with Crippen molar-refractivity contribution in [3.05, 3.63) is 46.9 Å². The van der Waals surface area contributed by atoms with E-state index in [0.29, 0.717) is 6.42 Å². The van der Waals surface area contributed by atoms with Gasteiger partial charge in [-0.25, -0.2) is 18.8 Å². The SMILES string of the molecule is CCOC(=O)C1=C(COC(=O)c2cccc(F)c2)NC(=O)N[C@@H]1CC. The van der Waals surface area contributed by atoms with Crippen LogP contribution in [0.2, 0.25) is 0 Å². The summed E-state index contributed by atoms with van der Waals surface area (Å²) in [5, 5.41) is 5.08. The number of rotatable bonds is 6. The van der Waals surface area contributed by atoms with Crippen molar-refractivity contribution in [2.45, 2.75) is 26.3 Å². The van der Waals surface area contributed by atoms with Crippen LogP contribution in [0.1, 0.15) is 30.6 Å². The van der Waals surface area contributed by atoms with E-state index in [2.05, 4.69) is 10.6 Å². The molecule has 25 heavy (non-hydrogen) atoms. The summed E-state index contributed by atoms with van der Waals surface area (Å²) in [6.07, 6.45) is 0.461. The predicted octanol–water partition coefficient (Wildman–Crippen LogP) is 1.89. The van der Waals surface area contributed by atoms with Crippen LogP contribution < -0.4 is 10.6 Å². The summed E-state index contributed by atoms with van der Waals surface area (Å²) in [7, 11) is 0. The second-order valence-electron chi connectivity index (χ2n) is 5.26. The molecular formula is C17H19FN2O5. The Bertz CT molecular complexity index is 717. The number of carbonyl (C=O) groups is 3. The Balaban J connectivity index is 2.21. The highest BCUT2D eigenvalue weighted by Crippen LogP contribution is 2.18.